The first-order chi connectivity index (χ1) is 14.3. The van der Waals surface area contributed by atoms with Crippen LogP contribution in [0.4, 0.5) is 4.79 Å². The van der Waals surface area contributed by atoms with E-state index in [-0.39, 0.29) is 31.4 Å². The minimum absolute atomic E-state index is 0.0219. The molecular weight excluding hydrogens is 392 g/mol. The standard InChI is InChI=1S/C22H28O8/c1-3-4-26-10-14(2)18(23)30-22-8-15-5-16(9-22)7-21(6-15,13-22)19(24)27-11-17-12-28-20(25)29-17/h3,15-17H,1-2,4-13H2. The Hall–Kier alpha value is -2.35. The second-order valence-electron chi connectivity index (χ2n) is 9.12. The molecule has 0 spiro atoms. The summed E-state index contributed by atoms with van der Waals surface area (Å²) >= 11 is 0. The predicted molar refractivity (Wildman–Crippen MR) is 103 cm³/mol. The van der Waals surface area contributed by atoms with Crippen LogP contribution < -0.4 is 0 Å². The zero-order valence-corrected chi connectivity index (χ0v) is 17.1. The Labute approximate surface area is 175 Å². The number of hydrogen-bond acceptors (Lipinski definition) is 8. The van der Waals surface area contributed by atoms with Crippen molar-refractivity contribution in [2.75, 3.05) is 26.4 Å². The highest BCUT2D eigenvalue weighted by atomic mass is 16.8. The lowest BCUT2D eigenvalue weighted by atomic mass is 9.48. The number of cyclic esters (lactones) is 2. The van der Waals surface area contributed by atoms with E-state index in [2.05, 4.69) is 13.2 Å². The molecule has 3 atom stereocenters. The molecule has 5 fully saturated rings. The van der Waals surface area contributed by atoms with E-state index in [4.69, 9.17) is 23.7 Å². The van der Waals surface area contributed by atoms with Gasteiger partial charge in [-0.2, -0.15) is 0 Å². The molecule has 30 heavy (non-hydrogen) atoms. The average molecular weight is 420 g/mol. The first-order valence-electron chi connectivity index (χ1n) is 10.4. The molecule has 0 aromatic heterocycles. The van der Waals surface area contributed by atoms with E-state index in [0.717, 1.165) is 32.1 Å². The number of hydrogen-bond donors (Lipinski definition) is 0. The number of rotatable bonds is 9. The van der Waals surface area contributed by atoms with Crippen molar-refractivity contribution in [2.24, 2.45) is 17.3 Å². The molecule has 4 saturated carbocycles. The lowest BCUT2D eigenvalue weighted by Crippen LogP contribution is -2.60. The van der Waals surface area contributed by atoms with Crippen LogP contribution in [-0.2, 0) is 33.3 Å². The van der Waals surface area contributed by atoms with Gasteiger partial charge in [-0.3, -0.25) is 4.79 Å². The number of carbonyl (C=O) groups is 3. The van der Waals surface area contributed by atoms with Gasteiger partial charge in [-0.1, -0.05) is 12.7 Å². The molecule has 3 unspecified atom stereocenters. The highest BCUT2D eigenvalue weighted by Gasteiger charge is 2.63. The van der Waals surface area contributed by atoms with Gasteiger partial charge in [0.25, 0.3) is 0 Å². The molecule has 0 aromatic carbocycles. The minimum atomic E-state index is -0.742. The van der Waals surface area contributed by atoms with Gasteiger partial charge >= 0.3 is 18.1 Å². The minimum Gasteiger partial charge on any atom is -0.461 e. The lowest BCUT2D eigenvalue weighted by Gasteiger charge is -2.59. The summed E-state index contributed by atoms with van der Waals surface area (Å²) in [7, 11) is 0. The van der Waals surface area contributed by atoms with Crippen LogP contribution in [-0.4, -0.2) is 56.2 Å². The highest BCUT2D eigenvalue weighted by Crippen LogP contribution is 2.63. The molecule has 0 amide bonds. The largest absolute Gasteiger partial charge is 0.508 e. The highest BCUT2D eigenvalue weighted by molar-refractivity contribution is 5.88. The molecule has 0 N–H and O–H groups in total. The fourth-order valence-electron chi connectivity index (χ4n) is 5.90. The Kier molecular flexibility index (Phi) is 5.61. The zero-order valence-electron chi connectivity index (χ0n) is 17.1. The van der Waals surface area contributed by atoms with Crippen molar-refractivity contribution in [1.82, 2.24) is 0 Å². The van der Waals surface area contributed by atoms with Gasteiger partial charge < -0.3 is 23.7 Å². The average Bonchev–Trinajstić information content (AvgIpc) is 3.10. The van der Waals surface area contributed by atoms with E-state index in [1.54, 1.807) is 6.08 Å². The molecule has 0 aromatic rings. The van der Waals surface area contributed by atoms with E-state index in [1.165, 1.54) is 0 Å². The first-order valence-corrected chi connectivity index (χ1v) is 10.4. The summed E-state index contributed by atoms with van der Waals surface area (Å²) in [5.41, 5.74) is -1.06. The molecular formula is C22H28O8. The number of carbonyl (C=O) groups excluding carboxylic acids is 3. The summed E-state index contributed by atoms with van der Waals surface area (Å²) in [4.78, 5) is 36.7. The molecule has 4 aliphatic carbocycles. The van der Waals surface area contributed by atoms with Crippen LogP contribution in [0.2, 0.25) is 0 Å². The third-order valence-corrected chi connectivity index (χ3v) is 6.60. The summed E-state index contributed by atoms with van der Waals surface area (Å²) in [5, 5.41) is 0. The summed E-state index contributed by atoms with van der Waals surface area (Å²) in [5.74, 6) is -0.123. The normalized spacial score (nSPS) is 36.0. The first kappa shape index (κ1) is 20.9. The quantitative estimate of drug-likeness (QED) is 0.185. The van der Waals surface area contributed by atoms with E-state index in [9.17, 15) is 14.4 Å². The Morgan fingerprint density at radius 1 is 1.20 bits per heavy atom. The second-order valence-corrected chi connectivity index (χ2v) is 9.12. The summed E-state index contributed by atoms with van der Waals surface area (Å²) in [6, 6.07) is 0. The fourth-order valence-corrected chi connectivity index (χ4v) is 5.90. The third-order valence-electron chi connectivity index (χ3n) is 6.60. The summed E-state index contributed by atoms with van der Waals surface area (Å²) in [6.45, 7) is 7.83. The second kappa shape index (κ2) is 8.06. The Morgan fingerprint density at radius 3 is 2.57 bits per heavy atom. The molecule has 1 saturated heterocycles. The van der Waals surface area contributed by atoms with Crippen molar-refractivity contribution in [3.05, 3.63) is 24.8 Å². The topological polar surface area (TPSA) is 97.4 Å². The van der Waals surface area contributed by atoms with Gasteiger partial charge in [0.2, 0.25) is 0 Å². The molecule has 1 heterocycles. The smallest absolute Gasteiger partial charge is 0.461 e. The predicted octanol–water partition coefficient (Wildman–Crippen LogP) is 2.71. The van der Waals surface area contributed by atoms with Gasteiger partial charge in [0.05, 0.1) is 24.2 Å². The third kappa shape index (κ3) is 4.10. The van der Waals surface area contributed by atoms with Gasteiger partial charge in [0, 0.05) is 6.42 Å². The molecule has 8 nitrogen and oxygen atoms in total. The molecule has 1 aliphatic heterocycles. The van der Waals surface area contributed by atoms with E-state index in [0.29, 0.717) is 24.9 Å². The van der Waals surface area contributed by atoms with E-state index in [1.807, 2.05) is 0 Å². The van der Waals surface area contributed by atoms with Crippen LogP contribution in [0.25, 0.3) is 0 Å². The Morgan fingerprint density at radius 2 is 1.93 bits per heavy atom. The fraction of sp³-hybridized carbons (Fsp3) is 0.682. The van der Waals surface area contributed by atoms with Crippen LogP contribution in [0.15, 0.2) is 24.8 Å². The van der Waals surface area contributed by atoms with Crippen molar-refractivity contribution in [1.29, 1.82) is 0 Å². The maximum absolute atomic E-state index is 13.1. The van der Waals surface area contributed by atoms with E-state index < -0.39 is 29.2 Å². The van der Waals surface area contributed by atoms with Crippen molar-refractivity contribution >= 4 is 18.1 Å². The number of esters is 2. The molecule has 4 bridgehead atoms. The maximum atomic E-state index is 13.1. The number of ether oxygens (including phenoxy) is 5. The van der Waals surface area contributed by atoms with Gasteiger partial charge in [-0.25, -0.2) is 9.59 Å². The molecule has 0 radical (unpaired) electrons. The van der Waals surface area contributed by atoms with Crippen LogP contribution >= 0.6 is 0 Å². The van der Waals surface area contributed by atoms with Crippen LogP contribution in [0.1, 0.15) is 38.5 Å². The SMILES string of the molecule is C=CCOCC(=C)C(=O)OC12CC3CC(C1)CC(C(=O)OCC1COC(=O)O1)(C3)C2. The van der Waals surface area contributed by atoms with Gasteiger partial charge in [0.1, 0.15) is 18.8 Å². The monoisotopic (exact) mass is 420 g/mol. The van der Waals surface area contributed by atoms with Gasteiger partial charge in [0.15, 0.2) is 6.10 Å². The van der Waals surface area contributed by atoms with Crippen LogP contribution in [0.5, 0.6) is 0 Å². The molecule has 5 rings (SSSR count). The molecule has 164 valence electrons. The van der Waals surface area contributed by atoms with Crippen LogP contribution in [0, 0.1) is 17.3 Å². The van der Waals surface area contributed by atoms with Crippen molar-refractivity contribution < 1.29 is 38.1 Å². The van der Waals surface area contributed by atoms with Gasteiger partial charge in [-0.05, 0) is 43.9 Å². The Bertz CT molecular complexity index is 742. The molecule has 8 heteroatoms. The van der Waals surface area contributed by atoms with Crippen molar-refractivity contribution in [3.8, 4) is 0 Å². The lowest BCUT2D eigenvalue weighted by molar-refractivity contribution is -0.211. The van der Waals surface area contributed by atoms with Crippen molar-refractivity contribution in [3.63, 3.8) is 0 Å². The zero-order chi connectivity index (χ0) is 21.4. The van der Waals surface area contributed by atoms with E-state index >= 15 is 0 Å². The summed E-state index contributed by atoms with van der Waals surface area (Å²) < 4.78 is 26.5. The van der Waals surface area contributed by atoms with Gasteiger partial charge in [-0.15, -0.1) is 6.58 Å². The van der Waals surface area contributed by atoms with Crippen molar-refractivity contribution in [2.45, 2.75) is 50.2 Å². The summed E-state index contributed by atoms with van der Waals surface area (Å²) in [6.07, 6.45) is 4.81. The van der Waals surface area contributed by atoms with Crippen LogP contribution in [0.3, 0.4) is 0 Å². The Balaban J connectivity index is 1.40. The maximum Gasteiger partial charge on any atom is 0.508 e. The molecule has 5 aliphatic rings.